The number of rotatable bonds is 2. The lowest BCUT2D eigenvalue weighted by Gasteiger charge is -2.34. The summed E-state index contributed by atoms with van der Waals surface area (Å²) in [6, 6.07) is 13.2. The molecule has 2 aliphatic heterocycles. The topological polar surface area (TPSA) is 57.1 Å². The van der Waals surface area contributed by atoms with E-state index in [4.69, 9.17) is 16.6 Å². The quantitative estimate of drug-likeness (QED) is 0.767. The van der Waals surface area contributed by atoms with Crippen molar-refractivity contribution in [3.63, 3.8) is 0 Å². The molecule has 1 unspecified atom stereocenters. The number of hydrogen-bond acceptors (Lipinski definition) is 5. The number of halogens is 2. The summed E-state index contributed by atoms with van der Waals surface area (Å²) in [5, 5.41) is 11.9. The molecule has 0 aromatic heterocycles. The Morgan fingerprint density at radius 1 is 1.31 bits per heavy atom. The standard InChI is InChI=1S/C18H14BrClN4OS/c1-2-26-18-22-17(25)15-13-9-11(19)6-7-14(13)21-16(24(15)23-18)10-4-3-5-12(20)8-10/h3-9,16H,2H2,1H3,(H,22,23,25). The predicted octanol–water partition coefficient (Wildman–Crippen LogP) is 3.00. The highest BCUT2D eigenvalue weighted by Crippen LogP contribution is 2.31. The van der Waals surface area contributed by atoms with E-state index in [0.717, 1.165) is 26.4 Å². The molecule has 8 heteroatoms. The molecule has 0 bridgehead atoms. The van der Waals surface area contributed by atoms with E-state index < -0.39 is 6.17 Å². The largest absolute Gasteiger partial charge is 0.298 e. The summed E-state index contributed by atoms with van der Waals surface area (Å²) in [5.74, 6) is 0.626. The van der Waals surface area contributed by atoms with Crippen LogP contribution >= 0.6 is 39.3 Å². The van der Waals surface area contributed by atoms with E-state index in [2.05, 4.69) is 26.3 Å². The average Bonchev–Trinajstić information content (AvgIpc) is 2.61. The van der Waals surface area contributed by atoms with Crippen molar-refractivity contribution >= 4 is 56.1 Å². The van der Waals surface area contributed by atoms with Gasteiger partial charge in [0.05, 0.1) is 5.36 Å². The number of benzene rings is 2. The zero-order valence-electron chi connectivity index (χ0n) is 13.7. The zero-order valence-corrected chi connectivity index (χ0v) is 16.9. The Balaban J connectivity index is 1.98. The second-order valence-corrected chi connectivity index (χ2v) is 8.31. The molecule has 5 nitrogen and oxygen atoms in total. The first kappa shape index (κ1) is 17.6. The summed E-state index contributed by atoms with van der Waals surface area (Å²) in [7, 11) is 0. The average molecular weight is 450 g/mol. The van der Waals surface area contributed by atoms with Gasteiger partial charge in [0.1, 0.15) is 5.70 Å². The second-order valence-electron chi connectivity index (χ2n) is 5.70. The van der Waals surface area contributed by atoms with E-state index in [1.54, 1.807) is 5.01 Å². The van der Waals surface area contributed by atoms with E-state index >= 15 is 0 Å². The molecule has 132 valence electrons. The van der Waals surface area contributed by atoms with Gasteiger partial charge in [-0.05, 0) is 41.6 Å². The number of nitrogens with zero attached hydrogens (tertiary/aromatic N) is 3. The van der Waals surface area contributed by atoms with Gasteiger partial charge in [0.25, 0.3) is 5.91 Å². The summed E-state index contributed by atoms with van der Waals surface area (Å²) < 4.78 is 0.880. The first-order valence-electron chi connectivity index (χ1n) is 8.02. The molecule has 26 heavy (non-hydrogen) atoms. The first-order valence-corrected chi connectivity index (χ1v) is 10.2. The third-order valence-electron chi connectivity index (χ3n) is 4.00. The molecular weight excluding hydrogens is 436 g/mol. The smallest absolute Gasteiger partial charge is 0.276 e. The summed E-state index contributed by atoms with van der Waals surface area (Å²) in [5.41, 5.74) is 1.37. The van der Waals surface area contributed by atoms with Crippen LogP contribution in [-0.4, -0.2) is 21.8 Å². The van der Waals surface area contributed by atoms with Gasteiger partial charge in [-0.3, -0.25) is 15.1 Å². The molecule has 0 fully saturated rings. The molecule has 2 aliphatic rings. The minimum absolute atomic E-state index is 0.183. The molecule has 0 aliphatic carbocycles. The summed E-state index contributed by atoms with van der Waals surface area (Å²) >= 11 is 11.1. The Morgan fingerprint density at radius 2 is 2.15 bits per heavy atom. The van der Waals surface area contributed by atoms with Crippen molar-refractivity contribution in [2.75, 3.05) is 5.75 Å². The number of amides is 1. The second kappa shape index (κ2) is 7.06. The van der Waals surface area contributed by atoms with Crippen molar-refractivity contribution in [1.82, 2.24) is 10.3 Å². The van der Waals surface area contributed by atoms with Gasteiger partial charge in [0, 0.05) is 14.7 Å². The lowest BCUT2D eigenvalue weighted by atomic mass is 10.1. The van der Waals surface area contributed by atoms with Gasteiger partial charge in [-0.2, -0.15) is 0 Å². The van der Waals surface area contributed by atoms with E-state index in [1.807, 2.05) is 49.4 Å². The third-order valence-corrected chi connectivity index (χ3v) is 5.47. The fourth-order valence-corrected chi connectivity index (χ4v) is 4.08. The molecule has 0 spiro atoms. The molecule has 4 rings (SSSR count). The van der Waals surface area contributed by atoms with Gasteiger partial charge in [-0.25, -0.2) is 5.01 Å². The van der Waals surface area contributed by atoms with Crippen LogP contribution in [0.15, 0.2) is 57.0 Å². The molecule has 1 amide bonds. The monoisotopic (exact) mass is 448 g/mol. The van der Waals surface area contributed by atoms with Gasteiger partial charge >= 0.3 is 0 Å². The maximum atomic E-state index is 12.9. The molecular formula is C18H14BrClN4OS. The highest BCUT2D eigenvalue weighted by atomic mass is 79.9. The van der Waals surface area contributed by atoms with Crippen molar-refractivity contribution in [2.24, 2.45) is 10.1 Å². The summed E-state index contributed by atoms with van der Waals surface area (Å²) in [6.45, 7) is 2.01. The maximum Gasteiger partial charge on any atom is 0.276 e. The van der Waals surface area contributed by atoms with Crippen LogP contribution in [0.4, 0.5) is 0 Å². The van der Waals surface area contributed by atoms with Gasteiger partial charge < -0.3 is 0 Å². The molecule has 2 aromatic carbocycles. The molecule has 2 aromatic rings. The van der Waals surface area contributed by atoms with Crippen LogP contribution in [0.3, 0.4) is 0 Å². The number of nitrogens with one attached hydrogen (secondary N) is 1. The van der Waals surface area contributed by atoms with E-state index in [0.29, 0.717) is 15.9 Å². The van der Waals surface area contributed by atoms with Gasteiger partial charge in [-0.1, -0.05) is 58.3 Å². The SMILES string of the molecule is CCSC1=NN2C(=c3cc(Br)ccc3=NC2c2cccc(Cl)c2)C(=O)N1. The summed E-state index contributed by atoms with van der Waals surface area (Å²) in [4.78, 5) is 17.7. The Labute approximate surface area is 168 Å². The van der Waals surface area contributed by atoms with Crippen LogP contribution in [0.5, 0.6) is 0 Å². The zero-order chi connectivity index (χ0) is 18.3. The van der Waals surface area contributed by atoms with Crippen LogP contribution in [-0.2, 0) is 4.79 Å². The third kappa shape index (κ3) is 3.15. The molecule has 0 saturated heterocycles. The highest BCUT2D eigenvalue weighted by molar-refractivity contribution is 9.10. The van der Waals surface area contributed by atoms with E-state index in [-0.39, 0.29) is 5.91 Å². The Morgan fingerprint density at radius 3 is 2.92 bits per heavy atom. The number of fused-ring (bicyclic) bond motifs is 2. The lowest BCUT2D eigenvalue weighted by Crippen LogP contribution is -2.50. The minimum Gasteiger partial charge on any atom is -0.298 e. The van der Waals surface area contributed by atoms with Crippen LogP contribution in [0.1, 0.15) is 18.7 Å². The Hall–Kier alpha value is -1.83. The number of hydrogen-bond donors (Lipinski definition) is 1. The minimum atomic E-state index is -0.448. The Bertz CT molecular complexity index is 1060. The predicted molar refractivity (Wildman–Crippen MR) is 108 cm³/mol. The number of carbonyl (C=O) groups is 1. The fraction of sp³-hybridized carbons (Fsp3) is 0.167. The van der Waals surface area contributed by atoms with Crippen molar-refractivity contribution in [2.45, 2.75) is 13.1 Å². The van der Waals surface area contributed by atoms with Gasteiger partial charge in [-0.15, -0.1) is 5.10 Å². The molecule has 2 heterocycles. The molecule has 1 N–H and O–H groups in total. The number of amidine groups is 1. The number of hydrazone groups is 1. The molecule has 1 atom stereocenters. The van der Waals surface area contributed by atoms with Crippen molar-refractivity contribution in [3.05, 3.63) is 68.1 Å². The van der Waals surface area contributed by atoms with Crippen LogP contribution in [0.2, 0.25) is 5.02 Å². The van der Waals surface area contributed by atoms with Gasteiger partial charge in [0.15, 0.2) is 11.3 Å². The normalized spacial score (nSPS) is 18.5. The molecule has 0 saturated carbocycles. The van der Waals surface area contributed by atoms with E-state index in [1.165, 1.54) is 11.8 Å². The first-order chi connectivity index (χ1) is 12.6. The van der Waals surface area contributed by atoms with Gasteiger partial charge in [0.2, 0.25) is 0 Å². The van der Waals surface area contributed by atoms with Crippen LogP contribution in [0.25, 0.3) is 5.70 Å². The van der Waals surface area contributed by atoms with E-state index in [9.17, 15) is 4.79 Å². The Kier molecular flexibility index (Phi) is 4.77. The number of thioether (sulfide) groups is 1. The fourth-order valence-electron chi connectivity index (χ4n) is 2.94. The maximum absolute atomic E-state index is 12.9. The van der Waals surface area contributed by atoms with Crippen LogP contribution in [0, 0.1) is 0 Å². The lowest BCUT2D eigenvalue weighted by molar-refractivity contribution is -0.116. The highest BCUT2D eigenvalue weighted by Gasteiger charge is 2.34. The van der Waals surface area contributed by atoms with Crippen molar-refractivity contribution in [1.29, 1.82) is 0 Å². The number of carbonyl (C=O) groups excluding carboxylic acids is 1. The van der Waals surface area contributed by atoms with Crippen molar-refractivity contribution in [3.8, 4) is 0 Å². The molecule has 0 radical (unpaired) electrons. The van der Waals surface area contributed by atoms with Crippen LogP contribution < -0.4 is 15.9 Å². The summed E-state index contributed by atoms with van der Waals surface area (Å²) in [6.07, 6.45) is -0.448. The van der Waals surface area contributed by atoms with Crippen molar-refractivity contribution < 1.29 is 4.79 Å².